The second kappa shape index (κ2) is 8.60. The standard InChI is InChI=1S/C22H20N2O6/c1-4-30-17-11-9-16(10-12-17)23-14(2)20(22(26)29-3)18(21(23)25)13-15-7-5-6-8-19(15)24(27)28/h5-13H,4H2,1-3H3/b18-13-. The van der Waals surface area contributed by atoms with Gasteiger partial charge >= 0.3 is 5.97 Å². The van der Waals surface area contributed by atoms with E-state index in [1.54, 1.807) is 37.3 Å². The van der Waals surface area contributed by atoms with Crippen LogP contribution in [0.1, 0.15) is 19.4 Å². The smallest absolute Gasteiger partial charge is 0.340 e. The van der Waals surface area contributed by atoms with Gasteiger partial charge in [0, 0.05) is 17.5 Å². The molecule has 0 saturated heterocycles. The van der Waals surface area contributed by atoms with Gasteiger partial charge in [-0.1, -0.05) is 12.1 Å². The van der Waals surface area contributed by atoms with E-state index < -0.39 is 16.8 Å². The Morgan fingerprint density at radius 1 is 1.17 bits per heavy atom. The van der Waals surface area contributed by atoms with Crippen molar-refractivity contribution in [3.05, 3.63) is 81.1 Å². The highest BCUT2D eigenvalue weighted by atomic mass is 16.6. The Morgan fingerprint density at radius 2 is 1.83 bits per heavy atom. The van der Waals surface area contributed by atoms with Crippen LogP contribution in [0.3, 0.4) is 0 Å². The number of methoxy groups -OCH3 is 1. The molecule has 0 bridgehead atoms. The van der Waals surface area contributed by atoms with E-state index in [1.807, 2.05) is 6.92 Å². The minimum Gasteiger partial charge on any atom is -0.494 e. The van der Waals surface area contributed by atoms with Gasteiger partial charge in [-0.2, -0.15) is 0 Å². The number of carbonyl (C=O) groups is 2. The number of rotatable bonds is 6. The predicted octanol–water partition coefficient (Wildman–Crippen LogP) is 3.87. The zero-order valence-electron chi connectivity index (χ0n) is 16.7. The molecule has 0 saturated carbocycles. The van der Waals surface area contributed by atoms with Crippen LogP contribution in [0.25, 0.3) is 6.08 Å². The summed E-state index contributed by atoms with van der Waals surface area (Å²) in [6.45, 7) is 4.00. The second-order valence-electron chi connectivity index (χ2n) is 6.39. The lowest BCUT2D eigenvalue weighted by Gasteiger charge is -2.18. The van der Waals surface area contributed by atoms with E-state index in [4.69, 9.17) is 9.47 Å². The van der Waals surface area contributed by atoms with Gasteiger partial charge in [0.25, 0.3) is 11.6 Å². The van der Waals surface area contributed by atoms with Crippen LogP contribution >= 0.6 is 0 Å². The van der Waals surface area contributed by atoms with E-state index in [-0.39, 0.29) is 22.4 Å². The number of hydrogen-bond acceptors (Lipinski definition) is 6. The Bertz CT molecular complexity index is 1070. The Labute approximate surface area is 173 Å². The zero-order chi connectivity index (χ0) is 21.8. The third-order valence-corrected chi connectivity index (χ3v) is 4.63. The summed E-state index contributed by atoms with van der Waals surface area (Å²) < 4.78 is 10.3. The molecule has 2 aromatic carbocycles. The van der Waals surface area contributed by atoms with Crippen molar-refractivity contribution < 1.29 is 24.0 Å². The Balaban J connectivity index is 2.12. The summed E-state index contributed by atoms with van der Waals surface area (Å²) in [6, 6.07) is 12.9. The maximum atomic E-state index is 13.3. The van der Waals surface area contributed by atoms with Crippen LogP contribution in [0.2, 0.25) is 0 Å². The van der Waals surface area contributed by atoms with Crippen LogP contribution in [0, 0.1) is 10.1 Å². The van der Waals surface area contributed by atoms with Crippen LogP contribution in [-0.2, 0) is 14.3 Å². The molecular formula is C22H20N2O6. The lowest BCUT2D eigenvalue weighted by molar-refractivity contribution is -0.385. The van der Waals surface area contributed by atoms with E-state index in [1.165, 1.54) is 36.3 Å². The lowest BCUT2D eigenvalue weighted by Crippen LogP contribution is -2.24. The summed E-state index contributed by atoms with van der Waals surface area (Å²) in [5.74, 6) is -0.521. The van der Waals surface area contributed by atoms with Crippen molar-refractivity contribution in [2.75, 3.05) is 18.6 Å². The molecule has 30 heavy (non-hydrogen) atoms. The molecule has 1 heterocycles. The largest absolute Gasteiger partial charge is 0.494 e. The van der Waals surface area contributed by atoms with Crippen LogP contribution < -0.4 is 9.64 Å². The molecular weight excluding hydrogens is 388 g/mol. The second-order valence-corrected chi connectivity index (χ2v) is 6.39. The van der Waals surface area contributed by atoms with Gasteiger partial charge in [-0.25, -0.2) is 4.79 Å². The number of anilines is 1. The third-order valence-electron chi connectivity index (χ3n) is 4.63. The lowest BCUT2D eigenvalue weighted by atomic mass is 10.0. The highest BCUT2D eigenvalue weighted by molar-refractivity contribution is 6.24. The number of para-hydroxylation sites is 1. The molecule has 154 valence electrons. The number of amides is 1. The molecule has 0 N–H and O–H groups in total. The Morgan fingerprint density at radius 3 is 2.43 bits per heavy atom. The van der Waals surface area contributed by atoms with Gasteiger partial charge in [0.15, 0.2) is 0 Å². The number of nitrogens with zero attached hydrogens (tertiary/aromatic N) is 2. The molecule has 8 nitrogen and oxygen atoms in total. The molecule has 1 amide bonds. The minimum absolute atomic E-state index is 0.0301. The molecule has 0 spiro atoms. The maximum absolute atomic E-state index is 13.3. The molecule has 0 fully saturated rings. The minimum atomic E-state index is -0.695. The average molecular weight is 408 g/mol. The highest BCUT2D eigenvalue weighted by Gasteiger charge is 2.38. The molecule has 0 unspecified atom stereocenters. The summed E-state index contributed by atoms with van der Waals surface area (Å²) >= 11 is 0. The van der Waals surface area contributed by atoms with Gasteiger partial charge in [0.05, 0.1) is 35.3 Å². The summed E-state index contributed by atoms with van der Waals surface area (Å²) in [4.78, 5) is 37.9. The van der Waals surface area contributed by atoms with E-state index in [9.17, 15) is 19.7 Å². The number of nitro groups is 1. The van der Waals surface area contributed by atoms with Crippen LogP contribution in [0.15, 0.2) is 65.4 Å². The summed E-state index contributed by atoms with van der Waals surface area (Å²) in [5, 5.41) is 11.3. The molecule has 1 aliphatic rings. The first-order valence-corrected chi connectivity index (χ1v) is 9.21. The molecule has 8 heteroatoms. The maximum Gasteiger partial charge on any atom is 0.340 e. The summed E-state index contributed by atoms with van der Waals surface area (Å²) in [5.41, 5.74) is 1.05. The number of esters is 1. The van der Waals surface area contributed by atoms with Crippen molar-refractivity contribution in [1.82, 2.24) is 0 Å². The van der Waals surface area contributed by atoms with Gasteiger partial charge in [0.2, 0.25) is 0 Å². The summed E-state index contributed by atoms with van der Waals surface area (Å²) in [6.07, 6.45) is 1.35. The van der Waals surface area contributed by atoms with Crippen molar-refractivity contribution >= 4 is 29.3 Å². The molecule has 3 rings (SSSR count). The number of benzene rings is 2. The fourth-order valence-electron chi connectivity index (χ4n) is 3.28. The fourth-order valence-corrected chi connectivity index (χ4v) is 3.28. The van der Waals surface area contributed by atoms with Crippen LogP contribution in [-0.4, -0.2) is 30.5 Å². The van der Waals surface area contributed by atoms with Crippen molar-refractivity contribution in [3.8, 4) is 5.75 Å². The van der Waals surface area contributed by atoms with Crippen molar-refractivity contribution in [2.45, 2.75) is 13.8 Å². The van der Waals surface area contributed by atoms with Gasteiger partial charge < -0.3 is 9.47 Å². The number of allylic oxidation sites excluding steroid dienone is 1. The topological polar surface area (TPSA) is 99.0 Å². The molecule has 0 radical (unpaired) electrons. The number of nitro benzene ring substituents is 1. The average Bonchev–Trinajstić information content (AvgIpc) is 2.98. The Hall–Kier alpha value is -3.94. The molecule has 0 aromatic heterocycles. The van der Waals surface area contributed by atoms with Crippen molar-refractivity contribution in [3.63, 3.8) is 0 Å². The number of hydrogen-bond donors (Lipinski definition) is 0. The van der Waals surface area contributed by atoms with Crippen molar-refractivity contribution in [1.29, 1.82) is 0 Å². The first-order chi connectivity index (χ1) is 14.4. The molecule has 0 aliphatic carbocycles. The first kappa shape index (κ1) is 20.8. The third kappa shape index (κ3) is 3.80. The zero-order valence-corrected chi connectivity index (χ0v) is 16.7. The van der Waals surface area contributed by atoms with Crippen molar-refractivity contribution in [2.24, 2.45) is 0 Å². The SMILES string of the molecule is CCOc1ccc(N2C(=O)/C(=C\c3ccccc3[N+](=O)[O-])C(C(=O)OC)=C2C)cc1. The van der Waals surface area contributed by atoms with Gasteiger partial charge in [-0.3, -0.25) is 19.8 Å². The fraction of sp³-hybridized carbons (Fsp3) is 0.182. The molecule has 2 aromatic rings. The van der Waals surface area contributed by atoms with Gasteiger partial charge in [0.1, 0.15) is 5.75 Å². The number of carbonyl (C=O) groups excluding carboxylic acids is 2. The first-order valence-electron chi connectivity index (χ1n) is 9.21. The van der Waals surface area contributed by atoms with Crippen LogP contribution in [0.4, 0.5) is 11.4 Å². The van der Waals surface area contributed by atoms with E-state index in [2.05, 4.69) is 0 Å². The van der Waals surface area contributed by atoms with E-state index >= 15 is 0 Å². The van der Waals surface area contributed by atoms with Gasteiger partial charge in [-0.15, -0.1) is 0 Å². The monoisotopic (exact) mass is 408 g/mol. The van der Waals surface area contributed by atoms with E-state index in [0.717, 1.165) is 0 Å². The summed E-state index contributed by atoms with van der Waals surface area (Å²) in [7, 11) is 1.22. The van der Waals surface area contributed by atoms with Gasteiger partial charge in [-0.05, 0) is 50.3 Å². The number of ether oxygens (including phenoxy) is 2. The molecule has 0 atom stereocenters. The van der Waals surface area contributed by atoms with E-state index in [0.29, 0.717) is 23.7 Å². The quantitative estimate of drug-likeness (QED) is 0.311. The molecule has 1 aliphatic heterocycles. The normalized spacial score (nSPS) is 15.0. The Kier molecular flexibility index (Phi) is 5.96. The van der Waals surface area contributed by atoms with Crippen LogP contribution in [0.5, 0.6) is 5.75 Å². The predicted molar refractivity (Wildman–Crippen MR) is 111 cm³/mol. The highest BCUT2D eigenvalue weighted by Crippen LogP contribution is 2.36.